The molecule has 0 bridgehead atoms. The van der Waals surface area contributed by atoms with E-state index in [4.69, 9.17) is 0 Å². The highest BCUT2D eigenvalue weighted by atomic mass is 16.1. The van der Waals surface area contributed by atoms with E-state index < -0.39 is 0 Å². The Morgan fingerprint density at radius 2 is 2.00 bits per heavy atom. The summed E-state index contributed by atoms with van der Waals surface area (Å²) in [7, 11) is 0. The van der Waals surface area contributed by atoms with Gasteiger partial charge in [-0.1, -0.05) is 0 Å². The van der Waals surface area contributed by atoms with Gasteiger partial charge in [0, 0.05) is 12.0 Å². The number of rotatable bonds is 3. The number of carbonyl (C=O) groups is 1. The number of aromatic nitrogens is 2. The van der Waals surface area contributed by atoms with Crippen LogP contribution < -0.4 is 5.69 Å². The smallest absolute Gasteiger partial charge is 0.306 e. The maximum absolute atomic E-state index is 11.8. The molecule has 0 spiro atoms. The first-order valence-electron chi connectivity index (χ1n) is 5.47. The lowest BCUT2D eigenvalue weighted by molar-refractivity contribution is 0.0976. The zero-order valence-electron chi connectivity index (χ0n) is 8.75. The molecule has 1 aliphatic rings. The van der Waals surface area contributed by atoms with Crippen LogP contribution in [0.15, 0.2) is 23.0 Å². The van der Waals surface area contributed by atoms with Gasteiger partial charge in [-0.3, -0.25) is 4.79 Å². The van der Waals surface area contributed by atoms with Gasteiger partial charge in [-0.25, -0.2) is 4.79 Å². The number of aromatic amines is 2. The third-order valence-electron chi connectivity index (χ3n) is 3.01. The van der Waals surface area contributed by atoms with E-state index in [0.717, 1.165) is 5.52 Å². The molecular formula is C12H12N2O2. The van der Waals surface area contributed by atoms with E-state index in [0.29, 0.717) is 23.4 Å². The Labute approximate surface area is 91.7 Å². The van der Waals surface area contributed by atoms with Crippen LogP contribution in [0.5, 0.6) is 0 Å². The standard InChI is InChI=1S/C12H12N2O2/c15-11(5-7-1-2-7)8-3-4-9-10(6-8)14-12(16)13-9/h3-4,6-7H,1-2,5H2,(H2,13,14,16). The maximum Gasteiger partial charge on any atom is 0.323 e. The molecule has 2 N–H and O–H groups in total. The average Bonchev–Trinajstić information content (AvgIpc) is 2.96. The molecule has 4 nitrogen and oxygen atoms in total. The average molecular weight is 216 g/mol. The van der Waals surface area contributed by atoms with Crippen molar-refractivity contribution >= 4 is 16.8 Å². The van der Waals surface area contributed by atoms with Gasteiger partial charge in [-0.15, -0.1) is 0 Å². The van der Waals surface area contributed by atoms with E-state index in [2.05, 4.69) is 9.97 Å². The van der Waals surface area contributed by atoms with Crippen LogP contribution in [0.2, 0.25) is 0 Å². The molecule has 1 aromatic carbocycles. The molecule has 4 heteroatoms. The minimum Gasteiger partial charge on any atom is -0.306 e. The zero-order chi connectivity index (χ0) is 11.1. The van der Waals surface area contributed by atoms with Crippen molar-refractivity contribution in [1.82, 2.24) is 9.97 Å². The van der Waals surface area contributed by atoms with E-state index in [1.54, 1.807) is 18.2 Å². The van der Waals surface area contributed by atoms with Crippen molar-refractivity contribution in [3.63, 3.8) is 0 Å². The summed E-state index contributed by atoms with van der Waals surface area (Å²) in [6.45, 7) is 0. The molecule has 1 fully saturated rings. The first-order chi connectivity index (χ1) is 7.72. The van der Waals surface area contributed by atoms with Crippen LogP contribution in [0.1, 0.15) is 29.6 Å². The molecule has 16 heavy (non-hydrogen) atoms. The highest BCUT2D eigenvalue weighted by molar-refractivity contribution is 5.99. The molecule has 0 radical (unpaired) electrons. The van der Waals surface area contributed by atoms with Crippen molar-refractivity contribution in [1.29, 1.82) is 0 Å². The number of benzene rings is 1. The van der Waals surface area contributed by atoms with Gasteiger partial charge in [0.25, 0.3) is 0 Å². The molecule has 1 heterocycles. The van der Waals surface area contributed by atoms with Gasteiger partial charge in [-0.2, -0.15) is 0 Å². The topological polar surface area (TPSA) is 65.7 Å². The summed E-state index contributed by atoms with van der Waals surface area (Å²) < 4.78 is 0. The van der Waals surface area contributed by atoms with Crippen LogP contribution >= 0.6 is 0 Å². The summed E-state index contributed by atoms with van der Waals surface area (Å²) >= 11 is 0. The molecule has 3 rings (SSSR count). The second-order valence-corrected chi connectivity index (χ2v) is 4.41. The van der Waals surface area contributed by atoms with E-state index in [1.165, 1.54) is 12.8 Å². The molecule has 82 valence electrons. The number of hydrogen-bond acceptors (Lipinski definition) is 2. The molecule has 0 atom stereocenters. The second-order valence-electron chi connectivity index (χ2n) is 4.41. The molecule has 0 aliphatic heterocycles. The van der Waals surface area contributed by atoms with Crippen molar-refractivity contribution in [2.24, 2.45) is 5.92 Å². The number of Topliss-reactive ketones (excluding diaryl/α,β-unsaturated/α-hetero) is 1. The monoisotopic (exact) mass is 216 g/mol. The van der Waals surface area contributed by atoms with Crippen LogP contribution in [0.4, 0.5) is 0 Å². The Balaban J connectivity index is 1.96. The number of H-pyrrole nitrogens is 2. The Hall–Kier alpha value is -1.84. The first kappa shape index (κ1) is 9.39. The molecule has 0 amide bonds. The number of carbonyl (C=O) groups excluding carboxylic acids is 1. The summed E-state index contributed by atoms with van der Waals surface area (Å²) in [4.78, 5) is 28.2. The third kappa shape index (κ3) is 1.66. The van der Waals surface area contributed by atoms with Crippen LogP contribution in [-0.2, 0) is 0 Å². The van der Waals surface area contributed by atoms with Crippen LogP contribution in [0.3, 0.4) is 0 Å². The minimum absolute atomic E-state index is 0.173. The van der Waals surface area contributed by atoms with Gasteiger partial charge in [0.15, 0.2) is 5.78 Å². The first-order valence-corrected chi connectivity index (χ1v) is 5.47. The summed E-state index contributed by atoms with van der Waals surface area (Å²) in [5.74, 6) is 0.764. The van der Waals surface area contributed by atoms with E-state index >= 15 is 0 Å². The van der Waals surface area contributed by atoms with Gasteiger partial charge in [0.2, 0.25) is 0 Å². The van der Waals surface area contributed by atoms with Gasteiger partial charge >= 0.3 is 5.69 Å². The number of imidazole rings is 1. The van der Waals surface area contributed by atoms with Crippen molar-refractivity contribution < 1.29 is 4.79 Å². The van der Waals surface area contributed by atoms with E-state index in [9.17, 15) is 9.59 Å². The van der Waals surface area contributed by atoms with Gasteiger partial charge in [0.05, 0.1) is 11.0 Å². The highest BCUT2D eigenvalue weighted by Crippen LogP contribution is 2.33. The molecular weight excluding hydrogens is 204 g/mol. The lowest BCUT2D eigenvalue weighted by Crippen LogP contribution is -2.00. The van der Waals surface area contributed by atoms with Crippen molar-refractivity contribution in [2.45, 2.75) is 19.3 Å². The quantitative estimate of drug-likeness (QED) is 0.769. The SMILES string of the molecule is O=C(CC1CC1)c1ccc2[nH]c(=O)[nH]c2c1. The summed E-state index contributed by atoms with van der Waals surface area (Å²) in [5.41, 5.74) is 1.90. The van der Waals surface area contributed by atoms with E-state index in [-0.39, 0.29) is 11.5 Å². The fourth-order valence-electron chi connectivity index (χ4n) is 1.91. The normalized spacial score (nSPS) is 15.5. The minimum atomic E-state index is -0.234. The summed E-state index contributed by atoms with van der Waals surface area (Å²) in [6, 6.07) is 5.29. The lowest BCUT2D eigenvalue weighted by Gasteiger charge is -1.99. The highest BCUT2D eigenvalue weighted by Gasteiger charge is 2.24. The van der Waals surface area contributed by atoms with Crippen LogP contribution in [-0.4, -0.2) is 15.8 Å². The second kappa shape index (κ2) is 3.33. The Kier molecular flexibility index (Phi) is 1.96. The number of ketones is 1. The van der Waals surface area contributed by atoms with Crippen LogP contribution in [0, 0.1) is 5.92 Å². The number of hydrogen-bond donors (Lipinski definition) is 2. The Morgan fingerprint density at radius 3 is 2.75 bits per heavy atom. The van der Waals surface area contributed by atoms with Gasteiger partial charge in [0.1, 0.15) is 0 Å². The van der Waals surface area contributed by atoms with Crippen molar-refractivity contribution in [3.05, 3.63) is 34.2 Å². The molecule has 2 aromatic rings. The van der Waals surface area contributed by atoms with Crippen LogP contribution in [0.25, 0.3) is 11.0 Å². The van der Waals surface area contributed by atoms with Crippen molar-refractivity contribution in [3.8, 4) is 0 Å². The molecule has 0 unspecified atom stereocenters. The summed E-state index contributed by atoms with van der Waals surface area (Å²) in [5, 5.41) is 0. The molecule has 1 aliphatic carbocycles. The zero-order valence-corrected chi connectivity index (χ0v) is 8.75. The predicted octanol–water partition coefficient (Wildman–Crippen LogP) is 1.84. The fraction of sp³-hybridized carbons (Fsp3) is 0.333. The third-order valence-corrected chi connectivity index (χ3v) is 3.01. The molecule has 1 saturated carbocycles. The largest absolute Gasteiger partial charge is 0.323 e. The summed E-state index contributed by atoms with van der Waals surface area (Å²) in [6.07, 6.45) is 2.99. The van der Waals surface area contributed by atoms with Crippen molar-refractivity contribution in [2.75, 3.05) is 0 Å². The number of fused-ring (bicyclic) bond motifs is 1. The fourth-order valence-corrected chi connectivity index (χ4v) is 1.91. The lowest BCUT2D eigenvalue weighted by atomic mass is 10.1. The van der Waals surface area contributed by atoms with E-state index in [1.807, 2.05) is 0 Å². The maximum atomic E-state index is 11.8. The molecule has 0 saturated heterocycles. The predicted molar refractivity (Wildman–Crippen MR) is 60.6 cm³/mol. The Bertz CT molecular complexity index is 605. The Morgan fingerprint density at radius 1 is 1.25 bits per heavy atom. The van der Waals surface area contributed by atoms with Gasteiger partial charge < -0.3 is 9.97 Å². The van der Waals surface area contributed by atoms with Gasteiger partial charge in [-0.05, 0) is 37.0 Å². The number of nitrogens with one attached hydrogen (secondary N) is 2. The molecule has 1 aromatic heterocycles.